The molecule has 0 aliphatic heterocycles. The summed E-state index contributed by atoms with van der Waals surface area (Å²) < 4.78 is 2.32. The van der Waals surface area contributed by atoms with E-state index in [2.05, 4.69) is 35.1 Å². The number of aromatic nitrogens is 1. The highest BCUT2D eigenvalue weighted by atomic mass is 15.0. The maximum absolute atomic E-state index is 3.68. The monoisotopic (exact) mass is 206 g/mol. The molecule has 2 heteroatoms. The van der Waals surface area contributed by atoms with E-state index < -0.39 is 0 Å². The molecule has 0 aromatic carbocycles. The van der Waals surface area contributed by atoms with Crippen LogP contribution >= 0.6 is 0 Å². The van der Waals surface area contributed by atoms with Crippen molar-refractivity contribution in [3.63, 3.8) is 0 Å². The zero-order chi connectivity index (χ0) is 10.5. The van der Waals surface area contributed by atoms with E-state index in [1.165, 1.54) is 37.8 Å². The average Bonchev–Trinajstić information content (AvgIpc) is 2.75. The molecule has 0 atom stereocenters. The Kier molecular flexibility index (Phi) is 3.84. The topological polar surface area (TPSA) is 17.0 Å². The number of rotatable bonds is 4. The van der Waals surface area contributed by atoms with Gasteiger partial charge >= 0.3 is 0 Å². The van der Waals surface area contributed by atoms with Gasteiger partial charge in [0, 0.05) is 31.0 Å². The first-order valence-corrected chi connectivity index (χ1v) is 6.27. The second-order valence-corrected chi connectivity index (χ2v) is 4.50. The SMILES string of the molecule is CCn1cccc1CNC1CCCCC1. The van der Waals surface area contributed by atoms with Crippen LogP contribution in [0, 0.1) is 0 Å². The molecule has 0 amide bonds. The van der Waals surface area contributed by atoms with Crippen molar-refractivity contribution >= 4 is 0 Å². The van der Waals surface area contributed by atoms with Crippen molar-refractivity contribution in [1.82, 2.24) is 9.88 Å². The summed E-state index contributed by atoms with van der Waals surface area (Å²) in [6.07, 6.45) is 9.15. The van der Waals surface area contributed by atoms with Crippen molar-refractivity contribution in [3.05, 3.63) is 24.0 Å². The third-order valence-corrected chi connectivity index (χ3v) is 3.44. The van der Waals surface area contributed by atoms with E-state index in [0.29, 0.717) is 0 Å². The molecule has 1 saturated carbocycles. The predicted octanol–water partition coefficient (Wildman–Crippen LogP) is 2.93. The van der Waals surface area contributed by atoms with Crippen molar-refractivity contribution in [3.8, 4) is 0 Å². The van der Waals surface area contributed by atoms with E-state index in [-0.39, 0.29) is 0 Å². The normalized spacial score (nSPS) is 18.2. The van der Waals surface area contributed by atoms with Crippen LogP contribution in [0.25, 0.3) is 0 Å². The lowest BCUT2D eigenvalue weighted by Crippen LogP contribution is -2.31. The highest BCUT2D eigenvalue weighted by Crippen LogP contribution is 2.17. The van der Waals surface area contributed by atoms with Gasteiger partial charge in [-0.15, -0.1) is 0 Å². The number of hydrogen-bond donors (Lipinski definition) is 1. The molecule has 1 fully saturated rings. The molecule has 84 valence electrons. The van der Waals surface area contributed by atoms with E-state index in [1.54, 1.807) is 0 Å². The van der Waals surface area contributed by atoms with Gasteiger partial charge in [0.1, 0.15) is 0 Å². The van der Waals surface area contributed by atoms with Crippen LogP contribution in [-0.4, -0.2) is 10.6 Å². The molecule has 1 aromatic rings. The van der Waals surface area contributed by atoms with Gasteiger partial charge in [-0.2, -0.15) is 0 Å². The van der Waals surface area contributed by atoms with E-state index in [4.69, 9.17) is 0 Å². The predicted molar refractivity (Wildman–Crippen MR) is 63.8 cm³/mol. The molecule has 1 aliphatic rings. The van der Waals surface area contributed by atoms with E-state index >= 15 is 0 Å². The van der Waals surface area contributed by atoms with Crippen LogP contribution in [0.4, 0.5) is 0 Å². The van der Waals surface area contributed by atoms with E-state index in [9.17, 15) is 0 Å². The Morgan fingerprint density at radius 1 is 1.33 bits per heavy atom. The van der Waals surface area contributed by atoms with Crippen molar-refractivity contribution in [1.29, 1.82) is 0 Å². The number of aryl methyl sites for hydroxylation is 1. The lowest BCUT2D eigenvalue weighted by atomic mass is 9.95. The lowest BCUT2D eigenvalue weighted by Gasteiger charge is -2.23. The van der Waals surface area contributed by atoms with Gasteiger partial charge < -0.3 is 9.88 Å². The molecule has 0 bridgehead atoms. The van der Waals surface area contributed by atoms with Crippen molar-refractivity contribution < 1.29 is 0 Å². The zero-order valence-corrected chi connectivity index (χ0v) is 9.71. The second kappa shape index (κ2) is 5.36. The number of hydrogen-bond acceptors (Lipinski definition) is 1. The summed E-state index contributed by atoms with van der Waals surface area (Å²) >= 11 is 0. The summed E-state index contributed by atoms with van der Waals surface area (Å²) in [5.74, 6) is 0. The quantitative estimate of drug-likeness (QED) is 0.801. The van der Waals surface area contributed by atoms with Gasteiger partial charge in [0.05, 0.1) is 0 Å². The molecule has 1 aromatic heterocycles. The third-order valence-electron chi connectivity index (χ3n) is 3.44. The summed E-state index contributed by atoms with van der Waals surface area (Å²) in [5.41, 5.74) is 1.42. The molecule has 1 heterocycles. The van der Waals surface area contributed by atoms with Crippen LogP contribution in [0.1, 0.15) is 44.7 Å². The summed E-state index contributed by atoms with van der Waals surface area (Å²) in [7, 11) is 0. The minimum atomic E-state index is 0.763. The largest absolute Gasteiger partial charge is 0.351 e. The molecule has 0 radical (unpaired) electrons. The van der Waals surface area contributed by atoms with Gasteiger partial charge in [-0.05, 0) is 31.9 Å². The number of nitrogens with one attached hydrogen (secondary N) is 1. The first kappa shape index (κ1) is 10.7. The minimum Gasteiger partial charge on any atom is -0.351 e. The number of nitrogens with zero attached hydrogens (tertiary/aromatic N) is 1. The molecule has 0 spiro atoms. The fourth-order valence-electron chi connectivity index (χ4n) is 2.47. The Morgan fingerprint density at radius 2 is 2.13 bits per heavy atom. The van der Waals surface area contributed by atoms with E-state index in [0.717, 1.165) is 19.1 Å². The van der Waals surface area contributed by atoms with Gasteiger partial charge in [-0.3, -0.25) is 0 Å². The van der Waals surface area contributed by atoms with E-state index in [1.807, 2.05) is 0 Å². The van der Waals surface area contributed by atoms with Crippen molar-refractivity contribution in [2.24, 2.45) is 0 Å². The third kappa shape index (κ3) is 2.85. The fourth-order valence-corrected chi connectivity index (χ4v) is 2.47. The molecular weight excluding hydrogens is 184 g/mol. The highest BCUT2D eigenvalue weighted by molar-refractivity contribution is 5.06. The minimum absolute atomic E-state index is 0.763. The average molecular weight is 206 g/mol. The molecule has 15 heavy (non-hydrogen) atoms. The van der Waals surface area contributed by atoms with Crippen LogP contribution < -0.4 is 5.32 Å². The van der Waals surface area contributed by atoms with Gasteiger partial charge in [0.15, 0.2) is 0 Å². The first-order valence-electron chi connectivity index (χ1n) is 6.27. The fraction of sp³-hybridized carbons (Fsp3) is 0.692. The molecule has 0 saturated heterocycles. The first-order chi connectivity index (χ1) is 7.40. The van der Waals surface area contributed by atoms with Crippen LogP contribution in [0.3, 0.4) is 0 Å². The van der Waals surface area contributed by atoms with Crippen LogP contribution in [0.15, 0.2) is 18.3 Å². The van der Waals surface area contributed by atoms with Gasteiger partial charge in [-0.25, -0.2) is 0 Å². The van der Waals surface area contributed by atoms with Crippen LogP contribution in [0.2, 0.25) is 0 Å². The summed E-state index contributed by atoms with van der Waals surface area (Å²) in [5, 5.41) is 3.68. The van der Waals surface area contributed by atoms with Crippen LogP contribution in [0.5, 0.6) is 0 Å². The molecule has 1 aliphatic carbocycles. The molecule has 0 unspecified atom stereocenters. The molecule has 1 N–H and O–H groups in total. The Bertz CT molecular complexity index is 284. The summed E-state index contributed by atoms with van der Waals surface area (Å²) in [6.45, 7) is 4.31. The molecular formula is C13H22N2. The Labute approximate surface area is 92.7 Å². The molecule has 2 nitrogen and oxygen atoms in total. The Hall–Kier alpha value is -0.760. The van der Waals surface area contributed by atoms with Gasteiger partial charge in [0.25, 0.3) is 0 Å². The Balaban J connectivity index is 1.81. The maximum Gasteiger partial charge on any atom is 0.0361 e. The lowest BCUT2D eigenvalue weighted by molar-refractivity contribution is 0.369. The summed E-state index contributed by atoms with van der Waals surface area (Å²) in [6, 6.07) is 5.12. The standard InChI is InChI=1S/C13H22N2/c1-2-15-10-6-9-13(15)11-14-12-7-4-3-5-8-12/h6,9-10,12,14H,2-5,7-8,11H2,1H3. The van der Waals surface area contributed by atoms with Crippen LogP contribution in [-0.2, 0) is 13.1 Å². The zero-order valence-electron chi connectivity index (χ0n) is 9.71. The van der Waals surface area contributed by atoms with Gasteiger partial charge in [0.2, 0.25) is 0 Å². The van der Waals surface area contributed by atoms with Gasteiger partial charge in [-0.1, -0.05) is 19.3 Å². The highest BCUT2D eigenvalue weighted by Gasteiger charge is 2.12. The smallest absolute Gasteiger partial charge is 0.0361 e. The second-order valence-electron chi connectivity index (χ2n) is 4.50. The summed E-state index contributed by atoms with van der Waals surface area (Å²) in [4.78, 5) is 0. The van der Waals surface area contributed by atoms with Crippen molar-refractivity contribution in [2.45, 2.75) is 58.2 Å². The van der Waals surface area contributed by atoms with Crippen molar-refractivity contribution in [2.75, 3.05) is 0 Å². The Morgan fingerprint density at radius 3 is 2.87 bits per heavy atom. The maximum atomic E-state index is 3.68. The molecule has 2 rings (SSSR count).